The van der Waals surface area contributed by atoms with E-state index in [4.69, 9.17) is 10.3 Å². The summed E-state index contributed by atoms with van der Waals surface area (Å²) in [5, 5.41) is 7.31. The smallest absolute Gasteiger partial charge is 0.396 e. The van der Waals surface area contributed by atoms with Gasteiger partial charge >= 0.3 is 10.4 Å². The number of hydrogen-bond acceptors (Lipinski definition) is 12. The fourth-order valence-corrected chi connectivity index (χ4v) is 5.75. The summed E-state index contributed by atoms with van der Waals surface area (Å²) in [4.78, 5) is -1.50. The zero-order valence-corrected chi connectivity index (χ0v) is 21.4. The van der Waals surface area contributed by atoms with Crippen LogP contribution in [0.2, 0.25) is 0 Å². The van der Waals surface area contributed by atoms with Gasteiger partial charge in [-0.3, -0.25) is 13.7 Å². The van der Waals surface area contributed by atoms with E-state index in [-0.39, 0.29) is 32.7 Å². The van der Waals surface area contributed by atoms with Gasteiger partial charge in [0.1, 0.15) is 10.6 Å². The standard InChI is InChI=1S/C18H17N3O12S4/c19-18-15-9-13(35(24,25)26)5-6-14(15)17(36(27,28)29)10-16(18)21-20-11-1-3-12(4-2-11)34(22,23)8-7-33-37(30,31)32/h1-6,9-10H,7-8,19H2,(H,24,25,26)(H,27,28,29)(H,30,31,32). The van der Waals surface area contributed by atoms with E-state index in [0.29, 0.717) is 0 Å². The van der Waals surface area contributed by atoms with E-state index in [0.717, 1.165) is 36.4 Å². The Morgan fingerprint density at radius 3 is 1.86 bits per heavy atom. The molecule has 0 atom stereocenters. The molecule has 19 heteroatoms. The number of anilines is 1. The summed E-state index contributed by atoms with van der Waals surface area (Å²) in [5.41, 5.74) is 5.53. The Balaban J connectivity index is 1.99. The van der Waals surface area contributed by atoms with Crippen molar-refractivity contribution in [1.82, 2.24) is 0 Å². The number of fused-ring (bicyclic) bond motifs is 1. The number of nitrogen functional groups attached to an aromatic ring is 1. The zero-order chi connectivity index (χ0) is 27.8. The molecule has 3 aromatic carbocycles. The monoisotopic (exact) mass is 595 g/mol. The lowest BCUT2D eigenvalue weighted by atomic mass is 10.1. The van der Waals surface area contributed by atoms with Gasteiger partial charge in [-0.05, 0) is 42.5 Å². The molecule has 0 unspecified atom stereocenters. The van der Waals surface area contributed by atoms with Crippen molar-refractivity contribution in [1.29, 1.82) is 0 Å². The number of nitrogens with zero attached hydrogens (tertiary/aromatic N) is 2. The molecule has 0 bridgehead atoms. The molecule has 0 heterocycles. The van der Waals surface area contributed by atoms with Crippen LogP contribution in [0.25, 0.3) is 10.8 Å². The fourth-order valence-electron chi connectivity index (χ4n) is 3.03. The van der Waals surface area contributed by atoms with Crippen LogP contribution in [0, 0.1) is 0 Å². The predicted octanol–water partition coefficient (Wildman–Crippen LogP) is 1.92. The van der Waals surface area contributed by atoms with Crippen molar-refractivity contribution in [2.24, 2.45) is 10.2 Å². The van der Waals surface area contributed by atoms with E-state index in [1.54, 1.807) is 0 Å². The lowest BCUT2D eigenvalue weighted by Gasteiger charge is -2.10. The van der Waals surface area contributed by atoms with Gasteiger partial charge in [0.15, 0.2) is 9.84 Å². The van der Waals surface area contributed by atoms with Crippen LogP contribution in [-0.4, -0.2) is 59.7 Å². The van der Waals surface area contributed by atoms with Crippen LogP contribution in [0.5, 0.6) is 0 Å². The van der Waals surface area contributed by atoms with Crippen molar-refractivity contribution in [3.8, 4) is 0 Å². The van der Waals surface area contributed by atoms with Gasteiger partial charge in [-0.1, -0.05) is 6.07 Å². The Hall–Kier alpha value is -3.04. The van der Waals surface area contributed by atoms with Gasteiger partial charge in [-0.15, -0.1) is 5.11 Å². The molecule has 0 fully saturated rings. The van der Waals surface area contributed by atoms with E-state index in [9.17, 15) is 42.8 Å². The van der Waals surface area contributed by atoms with Crippen LogP contribution in [0.3, 0.4) is 0 Å². The van der Waals surface area contributed by atoms with Crippen LogP contribution >= 0.6 is 0 Å². The molecule has 5 N–H and O–H groups in total. The number of benzene rings is 3. The van der Waals surface area contributed by atoms with Crippen LogP contribution in [0.1, 0.15) is 0 Å². The Labute approximate surface area is 211 Å². The van der Waals surface area contributed by atoms with Gasteiger partial charge < -0.3 is 5.73 Å². The number of rotatable bonds is 9. The van der Waals surface area contributed by atoms with Crippen molar-refractivity contribution < 1.29 is 51.5 Å². The van der Waals surface area contributed by atoms with E-state index >= 15 is 0 Å². The van der Waals surface area contributed by atoms with Crippen LogP contribution in [0.15, 0.2) is 73.4 Å². The van der Waals surface area contributed by atoms with Crippen molar-refractivity contribution in [3.05, 3.63) is 48.5 Å². The Kier molecular flexibility index (Phi) is 7.73. The number of hydrogen-bond donors (Lipinski definition) is 4. The van der Waals surface area contributed by atoms with Gasteiger partial charge in [0.05, 0.1) is 33.5 Å². The molecule has 37 heavy (non-hydrogen) atoms. The molecule has 0 spiro atoms. The highest BCUT2D eigenvalue weighted by molar-refractivity contribution is 7.91. The zero-order valence-electron chi connectivity index (χ0n) is 18.2. The van der Waals surface area contributed by atoms with Crippen LogP contribution in [-0.2, 0) is 44.7 Å². The molecule has 0 aliphatic rings. The molecule has 0 aliphatic carbocycles. The third-order valence-electron chi connectivity index (χ3n) is 4.72. The second kappa shape index (κ2) is 10.0. The fraction of sp³-hybridized carbons (Fsp3) is 0.111. The molecule has 3 rings (SSSR count). The van der Waals surface area contributed by atoms with E-state index in [1.807, 2.05) is 0 Å². The van der Waals surface area contributed by atoms with Gasteiger partial charge in [-0.2, -0.15) is 30.4 Å². The van der Waals surface area contributed by atoms with Gasteiger partial charge in [0, 0.05) is 10.8 Å². The highest BCUT2D eigenvalue weighted by atomic mass is 32.3. The number of sulfone groups is 1. The topological polar surface area (TPSA) is 257 Å². The van der Waals surface area contributed by atoms with Gasteiger partial charge in [-0.25, -0.2) is 12.6 Å². The third kappa shape index (κ3) is 7.05. The molecule has 0 aliphatic heterocycles. The van der Waals surface area contributed by atoms with Crippen LogP contribution in [0.4, 0.5) is 17.1 Å². The maximum absolute atomic E-state index is 12.2. The summed E-state index contributed by atoms with van der Waals surface area (Å²) in [7, 11) is -18.3. The van der Waals surface area contributed by atoms with Crippen molar-refractivity contribution >= 4 is 68.3 Å². The minimum atomic E-state index is -4.84. The van der Waals surface area contributed by atoms with E-state index < -0.39 is 62.6 Å². The first kappa shape index (κ1) is 28.5. The molecular formula is C18H17N3O12S4. The first-order valence-electron chi connectivity index (χ1n) is 9.56. The number of nitrogens with two attached hydrogens (primary N) is 1. The SMILES string of the molecule is Nc1c(N=Nc2ccc(S(=O)(=O)CCOS(=O)(=O)O)cc2)cc(S(=O)(=O)O)c2ccc(S(=O)(=O)O)cc12. The van der Waals surface area contributed by atoms with E-state index in [2.05, 4.69) is 14.4 Å². The molecule has 3 aromatic rings. The van der Waals surface area contributed by atoms with Crippen molar-refractivity contribution in [2.75, 3.05) is 18.1 Å². The summed E-state index contributed by atoms with van der Waals surface area (Å²) >= 11 is 0. The number of azo groups is 1. The van der Waals surface area contributed by atoms with Crippen molar-refractivity contribution in [2.45, 2.75) is 14.7 Å². The molecule has 0 radical (unpaired) electrons. The normalized spacial score (nSPS) is 13.4. The molecule has 200 valence electrons. The summed E-state index contributed by atoms with van der Waals surface area (Å²) in [6.45, 7) is -0.820. The molecule has 15 nitrogen and oxygen atoms in total. The van der Waals surface area contributed by atoms with Gasteiger partial charge in [0.25, 0.3) is 20.2 Å². The Morgan fingerprint density at radius 1 is 0.730 bits per heavy atom. The lowest BCUT2D eigenvalue weighted by molar-refractivity contribution is 0.284. The molecular weight excluding hydrogens is 578 g/mol. The largest absolute Gasteiger partial charge is 0.397 e. The molecule has 0 saturated carbocycles. The quantitative estimate of drug-likeness (QED) is 0.157. The predicted molar refractivity (Wildman–Crippen MR) is 128 cm³/mol. The summed E-state index contributed by atoms with van der Waals surface area (Å²) in [6, 6.07) is 8.35. The average Bonchev–Trinajstić information content (AvgIpc) is 2.76. The summed E-state index contributed by atoms with van der Waals surface area (Å²) < 4.78 is 124. The molecule has 0 amide bonds. The van der Waals surface area contributed by atoms with E-state index in [1.165, 1.54) is 12.1 Å². The second-order valence-corrected chi connectivity index (χ2v) is 13.2. The lowest BCUT2D eigenvalue weighted by Crippen LogP contribution is -2.15. The maximum Gasteiger partial charge on any atom is 0.397 e. The minimum absolute atomic E-state index is 0.0627. The van der Waals surface area contributed by atoms with Gasteiger partial charge in [0.2, 0.25) is 0 Å². The molecule has 0 saturated heterocycles. The summed E-state index contributed by atoms with van der Waals surface area (Å²) in [5.74, 6) is -0.759. The summed E-state index contributed by atoms with van der Waals surface area (Å²) in [6.07, 6.45) is 0. The first-order chi connectivity index (χ1) is 16.9. The third-order valence-corrected chi connectivity index (χ3v) is 8.62. The molecule has 0 aromatic heterocycles. The minimum Gasteiger partial charge on any atom is -0.396 e. The first-order valence-corrected chi connectivity index (χ1v) is 15.5. The maximum atomic E-state index is 12.2. The van der Waals surface area contributed by atoms with Crippen molar-refractivity contribution in [3.63, 3.8) is 0 Å². The van der Waals surface area contributed by atoms with Crippen LogP contribution < -0.4 is 5.73 Å². The second-order valence-electron chi connectivity index (χ2n) is 7.23. The highest BCUT2D eigenvalue weighted by Crippen LogP contribution is 2.38. The Bertz CT molecular complexity index is 1830. The highest BCUT2D eigenvalue weighted by Gasteiger charge is 2.21. The Morgan fingerprint density at radius 2 is 1.32 bits per heavy atom. The average molecular weight is 596 g/mol.